The summed E-state index contributed by atoms with van der Waals surface area (Å²) in [5.74, 6) is 1.45. The predicted octanol–water partition coefficient (Wildman–Crippen LogP) is 4.14. The number of fused-ring (bicyclic) bond motifs is 1. The maximum atomic E-state index is 13.3. The molecule has 3 aromatic rings. The van der Waals surface area contributed by atoms with E-state index in [1.807, 2.05) is 37.3 Å². The van der Waals surface area contributed by atoms with Gasteiger partial charge in [-0.1, -0.05) is 24.3 Å². The van der Waals surface area contributed by atoms with E-state index in [4.69, 9.17) is 14.2 Å². The number of nitrogens with zero attached hydrogens (tertiary/aromatic N) is 2. The Labute approximate surface area is 198 Å². The molecule has 1 aliphatic heterocycles. The Balaban J connectivity index is 1.73. The number of anilines is 1. The summed E-state index contributed by atoms with van der Waals surface area (Å²) in [5.41, 5.74) is 3.11. The molecule has 34 heavy (non-hydrogen) atoms. The van der Waals surface area contributed by atoms with Crippen molar-refractivity contribution in [3.63, 3.8) is 0 Å². The molecule has 2 heterocycles. The molecular formula is C26H27N3O5. The van der Waals surface area contributed by atoms with Crippen LogP contribution >= 0.6 is 0 Å². The van der Waals surface area contributed by atoms with Crippen LogP contribution in [0.15, 0.2) is 54.7 Å². The highest BCUT2D eigenvalue weighted by molar-refractivity contribution is 5.99. The van der Waals surface area contributed by atoms with E-state index in [1.165, 1.54) is 21.3 Å². The first-order valence-electron chi connectivity index (χ1n) is 10.9. The van der Waals surface area contributed by atoms with Crippen LogP contribution in [-0.4, -0.2) is 43.0 Å². The Morgan fingerprint density at radius 2 is 1.76 bits per heavy atom. The summed E-state index contributed by atoms with van der Waals surface area (Å²) < 4.78 is 16.5. The molecule has 2 amide bonds. The van der Waals surface area contributed by atoms with Gasteiger partial charge in [0.05, 0.1) is 33.8 Å². The standard InChI is InChI=1S/C26H27N3O5/c1-16-8-7-11-27-25(16)28-23(30)14-20(29-15-17-9-5-6-10-19(17)26(29)31)18-12-21(32-2)24(34-4)22(13-18)33-3/h5-13,20H,14-15H2,1-4H3,(H,27,28,30)/t20-/m1/s1. The number of ether oxygens (including phenoxy) is 3. The predicted molar refractivity (Wildman–Crippen MR) is 127 cm³/mol. The number of hydrogen-bond donors (Lipinski definition) is 1. The van der Waals surface area contributed by atoms with E-state index in [0.717, 1.165) is 11.1 Å². The number of methoxy groups -OCH3 is 3. The quantitative estimate of drug-likeness (QED) is 0.542. The summed E-state index contributed by atoms with van der Waals surface area (Å²) in [7, 11) is 4.59. The van der Waals surface area contributed by atoms with Gasteiger partial charge in [0.2, 0.25) is 11.7 Å². The second kappa shape index (κ2) is 9.82. The Morgan fingerprint density at radius 1 is 1.06 bits per heavy atom. The second-order valence-corrected chi connectivity index (χ2v) is 7.99. The van der Waals surface area contributed by atoms with Gasteiger partial charge in [0.25, 0.3) is 5.91 Å². The first-order chi connectivity index (χ1) is 16.5. The smallest absolute Gasteiger partial charge is 0.255 e. The lowest BCUT2D eigenvalue weighted by molar-refractivity contribution is -0.117. The molecule has 176 valence electrons. The minimum Gasteiger partial charge on any atom is -0.493 e. The molecule has 0 saturated carbocycles. The molecule has 1 aliphatic rings. The molecule has 0 spiro atoms. The van der Waals surface area contributed by atoms with E-state index >= 15 is 0 Å². The third kappa shape index (κ3) is 4.39. The van der Waals surface area contributed by atoms with E-state index < -0.39 is 6.04 Å². The van der Waals surface area contributed by atoms with Crippen molar-refractivity contribution < 1.29 is 23.8 Å². The first-order valence-corrected chi connectivity index (χ1v) is 10.9. The van der Waals surface area contributed by atoms with Crippen LogP contribution in [0, 0.1) is 6.92 Å². The average molecular weight is 462 g/mol. The first kappa shape index (κ1) is 23.1. The minimum atomic E-state index is -0.572. The molecule has 0 radical (unpaired) electrons. The van der Waals surface area contributed by atoms with Gasteiger partial charge in [-0.3, -0.25) is 9.59 Å². The van der Waals surface area contributed by atoms with Crippen molar-refractivity contribution >= 4 is 17.6 Å². The lowest BCUT2D eigenvalue weighted by Gasteiger charge is -2.29. The van der Waals surface area contributed by atoms with Gasteiger partial charge in [-0.2, -0.15) is 0 Å². The van der Waals surface area contributed by atoms with E-state index in [1.54, 1.807) is 29.3 Å². The topological polar surface area (TPSA) is 90.0 Å². The lowest BCUT2D eigenvalue weighted by atomic mass is 10.00. The molecule has 1 aromatic heterocycles. The van der Waals surface area contributed by atoms with Crippen molar-refractivity contribution in [2.75, 3.05) is 26.6 Å². The molecule has 0 bridgehead atoms. The molecule has 0 unspecified atom stereocenters. The minimum absolute atomic E-state index is 0.0222. The molecule has 0 aliphatic carbocycles. The van der Waals surface area contributed by atoms with Gasteiger partial charge < -0.3 is 24.4 Å². The zero-order valence-electron chi connectivity index (χ0n) is 19.6. The number of carbonyl (C=O) groups excluding carboxylic acids is 2. The van der Waals surface area contributed by atoms with Crippen LogP contribution in [0.5, 0.6) is 17.2 Å². The Kier molecular flexibility index (Phi) is 6.67. The van der Waals surface area contributed by atoms with Gasteiger partial charge in [0.1, 0.15) is 5.82 Å². The zero-order chi connectivity index (χ0) is 24.2. The van der Waals surface area contributed by atoms with Crippen molar-refractivity contribution in [3.8, 4) is 17.2 Å². The average Bonchev–Trinajstić information content (AvgIpc) is 3.19. The number of hydrogen-bond acceptors (Lipinski definition) is 6. The molecule has 2 aromatic carbocycles. The summed E-state index contributed by atoms with van der Waals surface area (Å²) >= 11 is 0. The number of carbonyl (C=O) groups is 2. The number of benzene rings is 2. The van der Waals surface area contributed by atoms with Crippen LogP contribution in [0.1, 0.15) is 39.5 Å². The van der Waals surface area contributed by atoms with Gasteiger partial charge >= 0.3 is 0 Å². The molecule has 4 rings (SSSR count). The molecule has 0 saturated heterocycles. The fraction of sp³-hybridized carbons (Fsp3) is 0.269. The second-order valence-electron chi connectivity index (χ2n) is 7.99. The third-order valence-corrected chi connectivity index (χ3v) is 5.94. The van der Waals surface area contributed by atoms with Crippen LogP contribution in [0.3, 0.4) is 0 Å². The van der Waals surface area contributed by atoms with E-state index in [2.05, 4.69) is 10.3 Å². The Bertz CT molecular complexity index is 1200. The summed E-state index contributed by atoms with van der Waals surface area (Å²) in [5, 5.41) is 2.87. The number of pyridine rings is 1. The number of aryl methyl sites for hydroxylation is 1. The highest BCUT2D eigenvalue weighted by Gasteiger charge is 2.35. The Hall–Kier alpha value is -4.07. The summed E-state index contributed by atoms with van der Waals surface area (Å²) in [6, 6.07) is 14.1. The molecule has 0 fully saturated rings. The molecule has 8 heteroatoms. The highest BCUT2D eigenvalue weighted by Crippen LogP contribution is 2.43. The monoisotopic (exact) mass is 461 g/mol. The van der Waals surface area contributed by atoms with Gasteiger partial charge in [-0.25, -0.2) is 4.98 Å². The fourth-order valence-electron chi connectivity index (χ4n) is 4.21. The zero-order valence-corrected chi connectivity index (χ0v) is 19.6. The number of amides is 2. The van der Waals surface area contributed by atoms with Crippen LogP contribution in [0.25, 0.3) is 0 Å². The van der Waals surface area contributed by atoms with Crippen molar-refractivity contribution in [2.24, 2.45) is 0 Å². The van der Waals surface area contributed by atoms with Crippen molar-refractivity contribution in [1.82, 2.24) is 9.88 Å². The van der Waals surface area contributed by atoms with E-state index in [9.17, 15) is 9.59 Å². The fourth-order valence-corrected chi connectivity index (χ4v) is 4.21. The largest absolute Gasteiger partial charge is 0.493 e. The van der Waals surface area contributed by atoms with Gasteiger partial charge in [0, 0.05) is 18.3 Å². The summed E-state index contributed by atoms with van der Waals surface area (Å²) in [4.78, 5) is 32.4. The molecular weight excluding hydrogens is 434 g/mol. The maximum Gasteiger partial charge on any atom is 0.255 e. The normalized spacial score (nSPS) is 13.3. The summed E-state index contributed by atoms with van der Waals surface area (Å²) in [6.45, 7) is 2.27. The van der Waals surface area contributed by atoms with E-state index in [0.29, 0.717) is 40.7 Å². The Morgan fingerprint density at radius 3 is 2.38 bits per heavy atom. The number of rotatable bonds is 8. The highest BCUT2D eigenvalue weighted by atomic mass is 16.5. The van der Waals surface area contributed by atoms with Crippen LogP contribution < -0.4 is 19.5 Å². The SMILES string of the molecule is COc1cc([C@@H](CC(=O)Nc2ncccc2C)N2Cc3ccccc3C2=O)cc(OC)c1OC. The van der Waals surface area contributed by atoms with Gasteiger partial charge in [-0.05, 0) is 47.9 Å². The van der Waals surface area contributed by atoms with Crippen LogP contribution in [0.4, 0.5) is 5.82 Å². The maximum absolute atomic E-state index is 13.3. The van der Waals surface area contributed by atoms with E-state index in [-0.39, 0.29) is 18.2 Å². The molecule has 8 nitrogen and oxygen atoms in total. The van der Waals surface area contributed by atoms with Gasteiger partial charge in [-0.15, -0.1) is 0 Å². The van der Waals surface area contributed by atoms with Crippen molar-refractivity contribution in [2.45, 2.75) is 25.9 Å². The lowest BCUT2D eigenvalue weighted by Crippen LogP contribution is -2.32. The number of nitrogens with one attached hydrogen (secondary N) is 1. The van der Waals surface area contributed by atoms with Crippen LogP contribution in [-0.2, 0) is 11.3 Å². The molecule has 1 atom stereocenters. The van der Waals surface area contributed by atoms with Gasteiger partial charge in [0.15, 0.2) is 11.5 Å². The van der Waals surface area contributed by atoms with Crippen molar-refractivity contribution in [1.29, 1.82) is 0 Å². The molecule has 1 N–H and O–H groups in total. The third-order valence-electron chi connectivity index (χ3n) is 5.94. The van der Waals surface area contributed by atoms with Crippen LogP contribution in [0.2, 0.25) is 0 Å². The van der Waals surface area contributed by atoms with Crippen molar-refractivity contribution in [3.05, 3.63) is 77.0 Å². The number of aromatic nitrogens is 1. The summed E-state index contributed by atoms with van der Waals surface area (Å²) in [6.07, 6.45) is 1.65.